The molecule has 26 heavy (non-hydrogen) atoms. The van der Waals surface area contributed by atoms with Crippen molar-refractivity contribution < 1.29 is 9.59 Å². The number of imide groups is 1. The van der Waals surface area contributed by atoms with Crippen molar-refractivity contribution in [3.05, 3.63) is 62.5 Å². The van der Waals surface area contributed by atoms with Crippen LogP contribution < -0.4 is 4.90 Å². The lowest BCUT2D eigenvalue weighted by molar-refractivity contribution is -0.123. The fraction of sp³-hybridized carbons (Fsp3) is 0.263. The van der Waals surface area contributed by atoms with E-state index in [1.54, 1.807) is 23.1 Å². The summed E-state index contributed by atoms with van der Waals surface area (Å²) in [6, 6.07) is 12.3. The molecule has 4 rings (SSSR count). The van der Waals surface area contributed by atoms with E-state index in [2.05, 4.69) is 15.9 Å². The maximum Gasteiger partial charge on any atom is 0.332 e. The fourth-order valence-corrected chi connectivity index (χ4v) is 4.67. The van der Waals surface area contributed by atoms with E-state index >= 15 is 0 Å². The van der Waals surface area contributed by atoms with Gasteiger partial charge in [0, 0.05) is 27.5 Å². The van der Waals surface area contributed by atoms with Crippen LogP contribution in [-0.2, 0) is 11.2 Å². The molecule has 2 aromatic rings. The molecule has 134 valence electrons. The Bertz CT molecular complexity index is 883. The van der Waals surface area contributed by atoms with Crippen LogP contribution in [0.4, 0.5) is 10.5 Å². The molecule has 0 aromatic heterocycles. The van der Waals surface area contributed by atoms with Gasteiger partial charge in [-0.3, -0.25) is 4.79 Å². The summed E-state index contributed by atoms with van der Waals surface area (Å²) < 4.78 is 0.978. The Morgan fingerprint density at radius 2 is 1.69 bits per heavy atom. The Hall–Kier alpha value is -1.56. The van der Waals surface area contributed by atoms with Crippen molar-refractivity contribution in [2.45, 2.75) is 24.8 Å². The van der Waals surface area contributed by atoms with Gasteiger partial charge in [-0.2, -0.15) is 0 Å². The van der Waals surface area contributed by atoms with Crippen LogP contribution in [0.25, 0.3) is 0 Å². The van der Waals surface area contributed by atoms with Crippen LogP contribution in [0.15, 0.2) is 46.9 Å². The summed E-state index contributed by atoms with van der Waals surface area (Å²) in [5.74, 6) is -0.207. The number of benzene rings is 2. The zero-order valence-electron chi connectivity index (χ0n) is 13.7. The number of fused-ring (bicyclic) bond motifs is 1. The summed E-state index contributed by atoms with van der Waals surface area (Å²) >= 11 is 15.6. The van der Waals surface area contributed by atoms with Gasteiger partial charge in [-0.1, -0.05) is 51.3 Å². The van der Waals surface area contributed by atoms with Gasteiger partial charge in [0.05, 0.1) is 5.69 Å². The predicted octanol–water partition coefficient (Wildman–Crippen LogP) is 5.30. The lowest BCUT2D eigenvalue weighted by atomic mass is 9.88. The summed E-state index contributed by atoms with van der Waals surface area (Å²) in [5.41, 5.74) is 0.606. The number of carbonyl (C=O) groups is 2. The lowest BCUT2D eigenvalue weighted by Crippen LogP contribution is -2.47. The minimum Gasteiger partial charge on any atom is -0.309 e. The van der Waals surface area contributed by atoms with E-state index < -0.39 is 5.54 Å². The van der Waals surface area contributed by atoms with Gasteiger partial charge in [0.25, 0.3) is 5.91 Å². The molecule has 0 aliphatic carbocycles. The highest BCUT2D eigenvalue weighted by Crippen LogP contribution is 2.43. The first-order valence-electron chi connectivity index (χ1n) is 8.27. The second-order valence-corrected chi connectivity index (χ2v) is 8.43. The zero-order valence-corrected chi connectivity index (χ0v) is 16.8. The molecule has 0 bridgehead atoms. The Morgan fingerprint density at radius 3 is 2.35 bits per heavy atom. The minimum absolute atomic E-state index is 0.207. The number of hydrogen-bond acceptors (Lipinski definition) is 2. The van der Waals surface area contributed by atoms with Gasteiger partial charge in [-0.25, -0.2) is 9.69 Å². The van der Waals surface area contributed by atoms with Crippen molar-refractivity contribution in [3.63, 3.8) is 0 Å². The molecule has 4 nitrogen and oxygen atoms in total. The summed E-state index contributed by atoms with van der Waals surface area (Å²) in [4.78, 5) is 29.3. The standard InChI is InChI=1S/C19H15BrCl2N2O2/c20-13-4-2-12(3-5-13)11-19-6-1-7-23(19)18(26)24(17(19)25)16-9-14(21)8-15(22)10-16/h2-5,8-10H,1,6-7,11H2/t19-/m1/s1. The van der Waals surface area contributed by atoms with E-state index in [1.807, 2.05) is 24.3 Å². The van der Waals surface area contributed by atoms with E-state index in [-0.39, 0.29) is 11.9 Å². The third kappa shape index (κ3) is 2.82. The van der Waals surface area contributed by atoms with Crippen LogP contribution in [0, 0.1) is 0 Å². The maximum absolute atomic E-state index is 13.4. The van der Waals surface area contributed by atoms with Gasteiger partial charge in [-0.05, 0) is 48.7 Å². The number of amides is 3. The molecular weight excluding hydrogens is 439 g/mol. The molecule has 2 aliphatic heterocycles. The maximum atomic E-state index is 13.4. The number of urea groups is 1. The molecule has 2 aliphatic rings. The molecule has 2 aromatic carbocycles. The van der Waals surface area contributed by atoms with Crippen LogP contribution in [0.3, 0.4) is 0 Å². The van der Waals surface area contributed by atoms with E-state index in [9.17, 15) is 9.59 Å². The molecule has 2 heterocycles. The molecule has 0 radical (unpaired) electrons. The summed E-state index contributed by atoms with van der Waals surface area (Å²) in [5, 5.41) is 0.782. The highest BCUT2D eigenvalue weighted by Gasteiger charge is 2.59. The smallest absolute Gasteiger partial charge is 0.309 e. The van der Waals surface area contributed by atoms with Crippen molar-refractivity contribution in [1.82, 2.24) is 4.90 Å². The number of hydrogen-bond donors (Lipinski definition) is 0. The Morgan fingerprint density at radius 1 is 1.04 bits per heavy atom. The van der Waals surface area contributed by atoms with Crippen molar-refractivity contribution in [1.29, 1.82) is 0 Å². The van der Waals surface area contributed by atoms with Gasteiger partial charge in [0.15, 0.2) is 0 Å². The van der Waals surface area contributed by atoms with Crippen LogP contribution >= 0.6 is 39.1 Å². The van der Waals surface area contributed by atoms with Crippen molar-refractivity contribution in [3.8, 4) is 0 Å². The first-order chi connectivity index (χ1) is 12.4. The lowest BCUT2D eigenvalue weighted by Gasteiger charge is -2.28. The normalized spacial score (nSPS) is 22.3. The molecule has 2 saturated heterocycles. The van der Waals surface area contributed by atoms with E-state index in [1.165, 1.54) is 4.90 Å². The average Bonchev–Trinajstić information content (AvgIpc) is 3.08. The van der Waals surface area contributed by atoms with E-state index in [0.717, 1.165) is 16.5 Å². The second kappa shape index (κ2) is 6.55. The summed E-state index contributed by atoms with van der Waals surface area (Å²) in [6.45, 7) is 0.575. The zero-order chi connectivity index (χ0) is 18.5. The number of nitrogens with zero attached hydrogens (tertiary/aromatic N) is 2. The molecule has 2 fully saturated rings. The third-order valence-electron chi connectivity index (χ3n) is 5.03. The Kier molecular flexibility index (Phi) is 4.49. The third-order valence-corrected chi connectivity index (χ3v) is 5.99. The van der Waals surface area contributed by atoms with Gasteiger partial charge in [0.1, 0.15) is 5.54 Å². The monoisotopic (exact) mass is 452 g/mol. The fourth-order valence-electron chi connectivity index (χ4n) is 3.89. The molecule has 3 amide bonds. The van der Waals surface area contributed by atoms with E-state index in [0.29, 0.717) is 35.1 Å². The topological polar surface area (TPSA) is 40.6 Å². The Labute approximate surface area is 169 Å². The second-order valence-electron chi connectivity index (χ2n) is 6.64. The summed E-state index contributed by atoms with van der Waals surface area (Å²) in [7, 11) is 0. The number of carbonyl (C=O) groups excluding carboxylic acids is 2. The number of anilines is 1. The van der Waals surface area contributed by atoms with Crippen molar-refractivity contribution >= 4 is 56.8 Å². The molecule has 0 unspecified atom stereocenters. The number of halogens is 3. The molecular formula is C19H15BrCl2N2O2. The van der Waals surface area contributed by atoms with Crippen LogP contribution in [-0.4, -0.2) is 28.9 Å². The first kappa shape index (κ1) is 17.8. The van der Waals surface area contributed by atoms with Crippen molar-refractivity contribution in [2.75, 3.05) is 11.4 Å². The van der Waals surface area contributed by atoms with Crippen molar-refractivity contribution in [2.24, 2.45) is 0 Å². The van der Waals surface area contributed by atoms with Gasteiger partial charge < -0.3 is 4.90 Å². The average molecular weight is 454 g/mol. The van der Waals surface area contributed by atoms with Crippen LogP contribution in [0.5, 0.6) is 0 Å². The predicted molar refractivity (Wildman–Crippen MR) is 106 cm³/mol. The first-order valence-corrected chi connectivity index (χ1v) is 9.82. The minimum atomic E-state index is -0.834. The highest BCUT2D eigenvalue weighted by molar-refractivity contribution is 9.10. The summed E-state index contributed by atoms with van der Waals surface area (Å²) in [6.07, 6.45) is 1.96. The molecule has 7 heteroatoms. The van der Waals surface area contributed by atoms with Gasteiger partial charge >= 0.3 is 6.03 Å². The highest BCUT2D eigenvalue weighted by atomic mass is 79.9. The SMILES string of the molecule is O=C1N(c2cc(Cl)cc(Cl)c2)C(=O)[C@]2(Cc3ccc(Br)cc3)CCCN12. The van der Waals surface area contributed by atoms with Gasteiger partial charge in [0.2, 0.25) is 0 Å². The van der Waals surface area contributed by atoms with Crippen LogP contribution in [0.1, 0.15) is 18.4 Å². The largest absolute Gasteiger partial charge is 0.332 e. The van der Waals surface area contributed by atoms with E-state index in [4.69, 9.17) is 23.2 Å². The quantitative estimate of drug-likeness (QED) is 0.591. The molecule has 1 atom stereocenters. The van der Waals surface area contributed by atoms with Gasteiger partial charge in [-0.15, -0.1) is 0 Å². The number of rotatable bonds is 3. The molecule has 0 saturated carbocycles. The Balaban J connectivity index is 1.74. The molecule has 0 spiro atoms. The van der Waals surface area contributed by atoms with Crippen LogP contribution in [0.2, 0.25) is 10.0 Å². The molecule has 0 N–H and O–H groups in total.